The van der Waals surface area contributed by atoms with E-state index in [0.717, 1.165) is 25.2 Å². The largest absolute Gasteiger partial charge is 0.466 e. The zero-order valence-corrected chi connectivity index (χ0v) is 15.3. The summed E-state index contributed by atoms with van der Waals surface area (Å²) in [5.74, 6) is 1.40. The minimum absolute atomic E-state index is 0.0122. The third kappa shape index (κ3) is 15.7. The second kappa shape index (κ2) is 11.1. The Kier molecular flexibility index (Phi) is 10.8. The molecule has 0 amide bonds. The van der Waals surface area contributed by atoms with E-state index >= 15 is 0 Å². The summed E-state index contributed by atoms with van der Waals surface area (Å²) in [6.07, 6.45) is 8.73. The number of carbonyl (C=O) groups is 1. The molecule has 0 spiro atoms. The standard InChI is InChI=1S/C19H38O2/c1-16(2)11-9-7-8-10-12-18(20)21-14-13-17(3)15-19(4,5)6/h16-17H,7-15H2,1-6H3. The quantitative estimate of drug-likeness (QED) is 0.346. The molecule has 0 aliphatic rings. The maximum Gasteiger partial charge on any atom is 0.305 e. The third-order valence-corrected chi connectivity index (χ3v) is 3.75. The lowest BCUT2D eigenvalue weighted by atomic mass is 9.84. The minimum Gasteiger partial charge on any atom is -0.466 e. The normalized spacial score (nSPS) is 13.5. The number of carbonyl (C=O) groups excluding carboxylic acids is 1. The molecule has 0 aromatic heterocycles. The van der Waals surface area contributed by atoms with E-state index in [9.17, 15) is 4.79 Å². The zero-order valence-electron chi connectivity index (χ0n) is 15.3. The average molecular weight is 299 g/mol. The van der Waals surface area contributed by atoms with E-state index in [1.54, 1.807) is 0 Å². The van der Waals surface area contributed by atoms with Gasteiger partial charge in [-0.1, -0.05) is 67.2 Å². The fourth-order valence-electron chi connectivity index (χ4n) is 2.77. The molecule has 0 aromatic rings. The van der Waals surface area contributed by atoms with Crippen LogP contribution in [0.1, 0.15) is 92.9 Å². The van der Waals surface area contributed by atoms with Crippen LogP contribution in [0.15, 0.2) is 0 Å². The van der Waals surface area contributed by atoms with Crippen molar-refractivity contribution in [1.82, 2.24) is 0 Å². The van der Waals surface area contributed by atoms with Crippen LogP contribution in [0.2, 0.25) is 0 Å². The lowest BCUT2D eigenvalue weighted by Crippen LogP contribution is -2.14. The summed E-state index contributed by atoms with van der Waals surface area (Å²) in [6, 6.07) is 0. The average Bonchev–Trinajstić information content (AvgIpc) is 2.30. The molecule has 0 aliphatic carbocycles. The van der Waals surface area contributed by atoms with Crippen molar-refractivity contribution >= 4 is 5.97 Å². The van der Waals surface area contributed by atoms with Crippen LogP contribution in [-0.2, 0) is 9.53 Å². The van der Waals surface area contributed by atoms with Gasteiger partial charge in [-0.25, -0.2) is 0 Å². The summed E-state index contributed by atoms with van der Waals surface area (Å²) >= 11 is 0. The molecule has 0 saturated heterocycles. The van der Waals surface area contributed by atoms with E-state index in [1.165, 1.54) is 25.7 Å². The molecular weight excluding hydrogens is 260 g/mol. The van der Waals surface area contributed by atoms with Crippen molar-refractivity contribution in [3.8, 4) is 0 Å². The molecule has 0 aromatic carbocycles. The molecule has 2 nitrogen and oxygen atoms in total. The topological polar surface area (TPSA) is 26.3 Å². The predicted octanol–water partition coefficient (Wildman–Crippen LogP) is 5.99. The molecule has 1 atom stereocenters. The number of unbranched alkanes of at least 4 members (excludes halogenated alkanes) is 3. The Balaban J connectivity index is 3.46. The first-order valence-electron chi connectivity index (χ1n) is 8.86. The second-order valence-corrected chi connectivity index (χ2v) is 8.23. The molecule has 0 heterocycles. The van der Waals surface area contributed by atoms with Gasteiger partial charge in [-0.05, 0) is 36.5 Å². The van der Waals surface area contributed by atoms with Gasteiger partial charge in [0.1, 0.15) is 0 Å². The maximum atomic E-state index is 11.6. The number of rotatable bonds is 11. The predicted molar refractivity (Wildman–Crippen MR) is 91.4 cm³/mol. The maximum absolute atomic E-state index is 11.6. The summed E-state index contributed by atoms with van der Waals surface area (Å²) in [5, 5.41) is 0. The van der Waals surface area contributed by atoms with Crippen LogP contribution < -0.4 is 0 Å². The smallest absolute Gasteiger partial charge is 0.305 e. The highest BCUT2D eigenvalue weighted by Crippen LogP contribution is 2.25. The van der Waals surface area contributed by atoms with Gasteiger partial charge in [0.2, 0.25) is 0 Å². The molecule has 0 bridgehead atoms. The Hall–Kier alpha value is -0.530. The highest BCUT2D eigenvalue weighted by molar-refractivity contribution is 5.69. The Morgan fingerprint density at radius 2 is 1.57 bits per heavy atom. The summed E-state index contributed by atoms with van der Waals surface area (Å²) in [6.45, 7) is 14.1. The van der Waals surface area contributed by atoms with Crippen LogP contribution in [0.25, 0.3) is 0 Å². The van der Waals surface area contributed by atoms with Gasteiger partial charge in [-0.3, -0.25) is 4.79 Å². The van der Waals surface area contributed by atoms with Crippen molar-refractivity contribution in [3.63, 3.8) is 0 Å². The highest BCUT2D eigenvalue weighted by atomic mass is 16.5. The molecule has 0 radical (unpaired) electrons. The van der Waals surface area contributed by atoms with E-state index < -0.39 is 0 Å². The van der Waals surface area contributed by atoms with Crippen molar-refractivity contribution in [3.05, 3.63) is 0 Å². The van der Waals surface area contributed by atoms with Gasteiger partial charge in [0.25, 0.3) is 0 Å². The number of esters is 1. The second-order valence-electron chi connectivity index (χ2n) is 8.23. The fourth-order valence-corrected chi connectivity index (χ4v) is 2.77. The van der Waals surface area contributed by atoms with Crippen LogP contribution in [0, 0.1) is 17.3 Å². The van der Waals surface area contributed by atoms with Crippen molar-refractivity contribution < 1.29 is 9.53 Å². The number of hydrogen-bond acceptors (Lipinski definition) is 2. The van der Waals surface area contributed by atoms with Gasteiger partial charge in [0.15, 0.2) is 0 Å². The van der Waals surface area contributed by atoms with Crippen LogP contribution >= 0.6 is 0 Å². The van der Waals surface area contributed by atoms with E-state index in [4.69, 9.17) is 4.74 Å². The van der Waals surface area contributed by atoms with E-state index in [0.29, 0.717) is 24.4 Å². The van der Waals surface area contributed by atoms with Gasteiger partial charge >= 0.3 is 5.97 Å². The first-order valence-corrected chi connectivity index (χ1v) is 8.86. The Morgan fingerprint density at radius 1 is 0.952 bits per heavy atom. The van der Waals surface area contributed by atoms with Gasteiger partial charge in [-0.2, -0.15) is 0 Å². The lowest BCUT2D eigenvalue weighted by molar-refractivity contribution is -0.144. The van der Waals surface area contributed by atoms with Crippen molar-refractivity contribution in [2.24, 2.45) is 17.3 Å². The molecular formula is C19H38O2. The number of hydrogen-bond donors (Lipinski definition) is 0. The summed E-state index contributed by atoms with van der Waals surface area (Å²) in [4.78, 5) is 11.6. The molecule has 0 aliphatic heterocycles. The number of ether oxygens (including phenoxy) is 1. The molecule has 0 rings (SSSR count). The fraction of sp³-hybridized carbons (Fsp3) is 0.947. The summed E-state index contributed by atoms with van der Waals surface area (Å²) < 4.78 is 5.33. The third-order valence-electron chi connectivity index (χ3n) is 3.75. The molecule has 21 heavy (non-hydrogen) atoms. The molecule has 1 unspecified atom stereocenters. The van der Waals surface area contributed by atoms with Gasteiger partial charge in [-0.15, -0.1) is 0 Å². The molecule has 126 valence electrons. The van der Waals surface area contributed by atoms with Gasteiger partial charge < -0.3 is 4.74 Å². The Morgan fingerprint density at radius 3 is 2.14 bits per heavy atom. The van der Waals surface area contributed by atoms with Crippen LogP contribution in [0.4, 0.5) is 0 Å². The monoisotopic (exact) mass is 298 g/mol. The molecule has 0 N–H and O–H groups in total. The van der Waals surface area contributed by atoms with Gasteiger partial charge in [0, 0.05) is 6.42 Å². The van der Waals surface area contributed by atoms with Crippen molar-refractivity contribution in [2.75, 3.05) is 6.61 Å². The Bertz CT molecular complexity index is 263. The van der Waals surface area contributed by atoms with Crippen LogP contribution in [0.5, 0.6) is 0 Å². The summed E-state index contributed by atoms with van der Waals surface area (Å²) in [5.41, 5.74) is 0.361. The van der Waals surface area contributed by atoms with E-state index in [1.807, 2.05) is 0 Å². The van der Waals surface area contributed by atoms with E-state index in [-0.39, 0.29) is 5.97 Å². The highest BCUT2D eigenvalue weighted by Gasteiger charge is 2.15. The molecule has 2 heteroatoms. The molecule has 0 saturated carbocycles. The van der Waals surface area contributed by atoms with E-state index in [2.05, 4.69) is 41.5 Å². The zero-order chi connectivity index (χ0) is 16.3. The molecule has 0 fully saturated rings. The van der Waals surface area contributed by atoms with Crippen molar-refractivity contribution in [2.45, 2.75) is 92.9 Å². The van der Waals surface area contributed by atoms with Crippen LogP contribution in [0.3, 0.4) is 0 Å². The van der Waals surface area contributed by atoms with Gasteiger partial charge in [0.05, 0.1) is 6.61 Å². The minimum atomic E-state index is -0.0122. The first kappa shape index (κ1) is 20.5. The Labute approximate surface area is 133 Å². The van der Waals surface area contributed by atoms with Crippen LogP contribution in [-0.4, -0.2) is 12.6 Å². The first-order chi connectivity index (χ1) is 9.70. The lowest BCUT2D eigenvalue weighted by Gasteiger charge is -2.23. The SMILES string of the molecule is CC(C)CCCCCCC(=O)OCCC(C)CC(C)(C)C. The summed E-state index contributed by atoms with van der Waals surface area (Å²) in [7, 11) is 0. The van der Waals surface area contributed by atoms with Crippen molar-refractivity contribution in [1.29, 1.82) is 0 Å².